The van der Waals surface area contributed by atoms with E-state index in [1.807, 2.05) is 37.4 Å². The fourth-order valence-electron chi connectivity index (χ4n) is 3.15. The van der Waals surface area contributed by atoms with Crippen LogP contribution >= 0.6 is 0 Å². The molecule has 1 aromatic rings. The fourth-order valence-corrected chi connectivity index (χ4v) is 3.15. The Kier molecular flexibility index (Phi) is 5.35. The van der Waals surface area contributed by atoms with E-state index in [-0.39, 0.29) is 0 Å². The van der Waals surface area contributed by atoms with Crippen LogP contribution in [0.3, 0.4) is 0 Å². The first-order chi connectivity index (χ1) is 10.1. The van der Waals surface area contributed by atoms with Gasteiger partial charge in [-0.3, -0.25) is 10.2 Å². The quantitative estimate of drug-likeness (QED) is 0.914. The summed E-state index contributed by atoms with van der Waals surface area (Å²) in [6.07, 6.45) is 1.15. The summed E-state index contributed by atoms with van der Waals surface area (Å²) in [5, 5.41) is 13.1. The van der Waals surface area contributed by atoms with Crippen molar-refractivity contribution in [2.24, 2.45) is 0 Å². The first-order valence-corrected chi connectivity index (χ1v) is 7.69. The minimum atomic E-state index is -0.640. The molecule has 1 fully saturated rings. The molecule has 1 aromatic carbocycles. The number of nitriles is 1. The third-order valence-electron chi connectivity index (χ3n) is 4.51. The van der Waals surface area contributed by atoms with Gasteiger partial charge in [-0.15, -0.1) is 0 Å². The van der Waals surface area contributed by atoms with E-state index in [0.29, 0.717) is 6.04 Å². The Balaban J connectivity index is 2.22. The van der Waals surface area contributed by atoms with Crippen LogP contribution in [0, 0.1) is 11.3 Å². The number of benzene rings is 1. The number of likely N-dealkylation sites (N-methyl/N-ethyl adjacent to an activating group) is 2. The van der Waals surface area contributed by atoms with Crippen molar-refractivity contribution in [3.63, 3.8) is 0 Å². The van der Waals surface area contributed by atoms with Gasteiger partial charge in [0.15, 0.2) is 0 Å². The van der Waals surface area contributed by atoms with Gasteiger partial charge in [0.1, 0.15) is 5.54 Å². The molecule has 0 radical (unpaired) electrons. The van der Waals surface area contributed by atoms with Crippen molar-refractivity contribution in [3.05, 3.63) is 35.9 Å². The Morgan fingerprint density at radius 2 is 2.05 bits per heavy atom. The second-order valence-electron chi connectivity index (χ2n) is 6.07. The van der Waals surface area contributed by atoms with Crippen LogP contribution in [0.2, 0.25) is 0 Å². The van der Waals surface area contributed by atoms with Crippen molar-refractivity contribution in [2.45, 2.75) is 24.9 Å². The van der Waals surface area contributed by atoms with Gasteiger partial charge >= 0.3 is 0 Å². The van der Waals surface area contributed by atoms with E-state index in [0.717, 1.165) is 38.2 Å². The lowest BCUT2D eigenvalue weighted by molar-refractivity contribution is 0.165. The maximum atomic E-state index is 9.82. The van der Waals surface area contributed by atoms with Crippen molar-refractivity contribution < 1.29 is 0 Å². The average Bonchev–Trinajstić information content (AvgIpc) is 2.66. The molecule has 4 nitrogen and oxygen atoms in total. The Morgan fingerprint density at radius 3 is 2.67 bits per heavy atom. The Labute approximate surface area is 128 Å². The topological polar surface area (TPSA) is 42.3 Å². The summed E-state index contributed by atoms with van der Waals surface area (Å²) in [6.45, 7) is 6.21. The van der Waals surface area contributed by atoms with Crippen LogP contribution in [0.1, 0.15) is 18.9 Å². The van der Waals surface area contributed by atoms with Gasteiger partial charge in [-0.25, -0.2) is 0 Å². The van der Waals surface area contributed by atoms with Gasteiger partial charge in [-0.05, 0) is 46.1 Å². The van der Waals surface area contributed by atoms with E-state index in [4.69, 9.17) is 0 Å². The van der Waals surface area contributed by atoms with Gasteiger partial charge in [0.05, 0.1) is 6.07 Å². The monoisotopic (exact) mass is 286 g/mol. The first-order valence-electron chi connectivity index (χ1n) is 7.69. The molecule has 0 bridgehead atoms. The highest BCUT2D eigenvalue weighted by Crippen LogP contribution is 2.23. The van der Waals surface area contributed by atoms with E-state index >= 15 is 0 Å². The van der Waals surface area contributed by atoms with Crippen molar-refractivity contribution in [3.8, 4) is 6.07 Å². The van der Waals surface area contributed by atoms with Gasteiger partial charge in [0, 0.05) is 19.1 Å². The molecule has 0 aliphatic carbocycles. The third kappa shape index (κ3) is 3.62. The van der Waals surface area contributed by atoms with E-state index in [1.165, 1.54) is 0 Å². The fraction of sp³-hybridized carbons (Fsp3) is 0.588. The maximum Gasteiger partial charge on any atom is 0.144 e. The van der Waals surface area contributed by atoms with E-state index in [9.17, 15) is 5.26 Å². The maximum absolute atomic E-state index is 9.82. The van der Waals surface area contributed by atoms with Crippen molar-refractivity contribution in [1.29, 1.82) is 5.26 Å². The summed E-state index contributed by atoms with van der Waals surface area (Å²) in [6, 6.07) is 13.0. The van der Waals surface area contributed by atoms with E-state index in [2.05, 4.69) is 35.2 Å². The molecule has 2 unspecified atom stereocenters. The van der Waals surface area contributed by atoms with Crippen LogP contribution in [0.5, 0.6) is 0 Å². The molecule has 1 aliphatic rings. The molecule has 1 N–H and O–H groups in total. The molecule has 114 valence electrons. The van der Waals surface area contributed by atoms with Crippen LogP contribution in [0.25, 0.3) is 0 Å². The summed E-state index contributed by atoms with van der Waals surface area (Å²) >= 11 is 0. The predicted molar refractivity (Wildman–Crippen MR) is 85.9 cm³/mol. The highest BCUT2D eigenvalue weighted by molar-refractivity contribution is 5.32. The summed E-state index contributed by atoms with van der Waals surface area (Å²) in [5.41, 5.74) is 0.401. The van der Waals surface area contributed by atoms with Crippen LogP contribution in [-0.2, 0) is 5.54 Å². The zero-order valence-corrected chi connectivity index (χ0v) is 13.3. The van der Waals surface area contributed by atoms with Gasteiger partial charge in [-0.1, -0.05) is 30.3 Å². The number of nitrogens with zero attached hydrogens (tertiary/aromatic N) is 3. The molecule has 4 heteroatoms. The summed E-state index contributed by atoms with van der Waals surface area (Å²) in [7, 11) is 4.05. The molecule has 0 aromatic heterocycles. The SMILES string of the molecule is CNC(C#N)(CN1CCCN(C)CC1C)c1ccccc1. The van der Waals surface area contributed by atoms with E-state index in [1.54, 1.807) is 0 Å². The molecular weight excluding hydrogens is 260 g/mol. The number of rotatable bonds is 4. The summed E-state index contributed by atoms with van der Waals surface area (Å²) in [4.78, 5) is 4.82. The molecule has 1 aliphatic heterocycles. The average molecular weight is 286 g/mol. The normalized spacial score (nSPS) is 24.0. The van der Waals surface area contributed by atoms with Crippen molar-refractivity contribution in [1.82, 2.24) is 15.1 Å². The molecule has 1 heterocycles. The van der Waals surface area contributed by atoms with Crippen LogP contribution < -0.4 is 5.32 Å². The highest BCUT2D eigenvalue weighted by Gasteiger charge is 2.34. The molecule has 2 rings (SSSR count). The molecule has 0 amide bonds. The third-order valence-corrected chi connectivity index (χ3v) is 4.51. The second-order valence-corrected chi connectivity index (χ2v) is 6.07. The smallest absolute Gasteiger partial charge is 0.144 e. The van der Waals surface area contributed by atoms with Gasteiger partial charge in [0.2, 0.25) is 0 Å². The number of hydrogen-bond acceptors (Lipinski definition) is 4. The molecule has 2 atom stereocenters. The number of hydrogen-bond donors (Lipinski definition) is 1. The minimum Gasteiger partial charge on any atom is -0.305 e. The molecule has 21 heavy (non-hydrogen) atoms. The molecular formula is C17H26N4. The molecule has 1 saturated heterocycles. The molecule has 0 spiro atoms. The van der Waals surface area contributed by atoms with Crippen molar-refractivity contribution >= 4 is 0 Å². The lowest BCUT2D eigenvalue weighted by Gasteiger charge is -2.36. The zero-order valence-electron chi connectivity index (χ0n) is 13.3. The summed E-state index contributed by atoms with van der Waals surface area (Å²) in [5.74, 6) is 0. The Morgan fingerprint density at radius 1 is 1.33 bits per heavy atom. The molecule has 0 saturated carbocycles. The lowest BCUT2D eigenvalue weighted by Crippen LogP contribution is -2.52. The van der Waals surface area contributed by atoms with Crippen molar-refractivity contribution in [2.75, 3.05) is 40.3 Å². The number of nitrogens with one attached hydrogen (secondary N) is 1. The summed E-state index contributed by atoms with van der Waals surface area (Å²) < 4.78 is 0. The highest BCUT2D eigenvalue weighted by atomic mass is 15.2. The second kappa shape index (κ2) is 7.04. The van der Waals surface area contributed by atoms with Gasteiger partial charge < -0.3 is 4.90 Å². The van der Waals surface area contributed by atoms with Crippen LogP contribution in [0.4, 0.5) is 0 Å². The van der Waals surface area contributed by atoms with E-state index < -0.39 is 5.54 Å². The first kappa shape index (κ1) is 16.0. The van der Waals surface area contributed by atoms with Crippen LogP contribution in [0.15, 0.2) is 30.3 Å². The minimum absolute atomic E-state index is 0.460. The Hall–Kier alpha value is -1.41. The van der Waals surface area contributed by atoms with Crippen LogP contribution in [-0.4, -0.2) is 56.1 Å². The van der Waals surface area contributed by atoms with Gasteiger partial charge in [-0.2, -0.15) is 5.26 Å². The predicted octanol–water partition coefficient (Wildman–Crippen LogP) is 1.65. The zero-order chi connectivity index (χ0) is 15.3. The Bertz CT molecular complexity index is 481. The largest absolute Gasteiger partial charge is 0.305 e. The standard InChI is InChI=1S/C17H26N4/c1-15-12-20(3)10-7-11-21(15)14-17(13-18,19-2)16-8-5-4-6-9-16/h4-6,8-9,15,19H,7,10-12,14H2,1-3H3. The van der Waals surface area contributed by atoms with Gasteiger partial charge in [0.25, 0.3) is 0 Å². The lowest BCUT2D eigenvalue weighted by atomic mass is 9.90.